The van der Waals surface area contributed by atoms with Crippen LogP contribution in [0.4, 0.5) is 0 Å². The van der Waals surface area contributed by atoms with Crippen molar-refractivity contribution in [1.82, 2.24) is 19.5 Å². The molecule has 0 saturated heterocycles. The lowest BCUT2D eigenvalue weighted by Crippen LogP contribution is -2.03. The number of hydrogen-bond acceptors (Lipinski definition) is 3. The van der Waals surface area contributed by atoms with Crippen LogP contribution in [-0.2, 0) is 0 Å². The van der Waals surface area contributed by atoms with Gasteiger partial charge in [0.15, 0.2) is 17.5 Å². The summed E-state index contributed by atoms with van der Waals surface area (Å²) in [6.45, 7) is 0. The van der Waals surface area contributed by atoms with Crippen molar-refractivity contribution in [3.8, 4) is 51.0 Å². The van der Waals surface area contributed by atoms with Crippen molar-refractivity contribution < 1.29 is 0 Å². The molecule has 11 rings (SSSR count). The molecular formula is C51H32N4. The van der Waals surface area contributed by atoms with Crippen molar-refractivity contribution in [2.24, 2.45) is 0 Å². The Bertz CT molecular complexity index is 3240. The molecule has 0 spiro atoms. The quantitative estimate of drug-likeness (QED) is 0.133. The summed E-state index contributed by atoms with van der Waals surface area (Å²) in [5.74, 6) is 1.89. The second kappa shape index (κ2) is 12.6. The molecule has 0 radical (unpaired) electrons. The first-order valence-corrected chi connectivity index (χ1v) is 18.6. The fourth-order valence-corrected chi connectivity index (χ4v) is 8.29. The molecule has 0 saturated carbocycles. The van der Waals surface area contributed by atoms with Gasteiger partial charge in [-0.15, -0.1) is 0 Å². The van der Waals surface area contributed by atoms with Crippen LogP contribution in [-0.4, -0.2) is 19.5 Å². The van der Waals surface area contributed by atoms with E-state index in [9.17, 15) is 0 Å². The van der Waals surface area contributed by atoms with Gasteiger partial charge in [-0.3, -0.25) is 0 Å². The zero-order chi connectivity index (χ0) is 36.3. The molecule has 9 aromatic carbocycles. The molecule has 55 heavy (non-hydrogen) atoms. The van der Waals surface area contributed by atoms with Crippen molar-refractivity contribution in [2.75, 3.05) is 0 Å². The normalized spacial score (nSPS) is 11.6. The molecule has 0 aliphatic heterocycles. The van der Waals surface area contributed by atoms with Crippen molar-refractivity contribution in [2.45, 2.75) is 0 Å². The standard InChI is InChI=1S/C51H32N4/c1-3-14-33(15-4-1)34-26-28-36(29-27-34)49-52-50(44-24-13-23-43-41-22-11-12-25-46(41)55(48(43)44)38-18-5-2-6-19-38)54-51(53-49)47-40-21-10-8-17-37(40)32-45-39-20-9-7-16-35(39)30-31-42(45)47/h1-32H. The Morgan fingerprint density at radius 1 is 0.327 bits per heavy atom. The molecule has 0 atom stereocenters. The highest BCUT2D eigenvalue weighted by Gasteiger charge is 2.22. The summed E-state index contributed by atoms with van der Waals surface area (Å²) in [6.07, 6.45) is 0. The Kier molecular flexibility index (Phi) is 7.14. The lowest BCUT2D eigenvalue weighted by Gasteiger charge is -2.15. The molecule has 0 aliphatic carbocycles. The van der Waals surface area contributed by atoms with Crippen molar-refractivity contribution in [1.29, 1.82) is 0 Å². The third-order valence-electron chi connectivity index (χ3n) is 10.8. The zero-order valence-electron chi connectivity index (χ0n) is 29.8. The predicted octanol–water partition coefficient (Wildman–Crippen LogP) is 13.1. The van der Waals surface area contributed by atoms with Gasteiger partial charge in [-0.25, -0.2) is 15.0 Å². The SMILES string of the molecule is c1ccc(-c2ccc(-c3nc(-c4c5ccccc5cc5c4ccc4ccccc45)nc(-c4cccc5c6ccccc6n(-c6ccccc6)c45)n3)cc2)cc1. The Labute approximate surface area is 317 Å². The third kappa shape index (κ3) is 5.11. The highest BCUT2D eigenvalue weighted by molar-refractivity contribution is 6.19. The van der Waals surface area contributed by atoms with Crippen LogP contribution in [0, 0.1) is 0 Å². The van der Waals surface area contributed by atoms with E-state index in [-0.39, 0.29) is 0 Å². The van der Waals surface area contributed by atoms with E-state index in [1.165, 1.54) is 27.1 Å². The minimum atomic E-state index is 0.625. The summed E-state index contributed by atoms with van der Waals surface area (Å²) in [5.41, 5.74) is 8.46. The third-order valence-corrected chi connectivity index (χ3v) is 10.8. The maximum atomic E-state index is 5.46. The Morgan fingerprint density at radius 3 is 1.75 bits per heavy atom. The molecule has 0 unspecified atom stereocenters. The smallest absolute Gasteiger partial charge is 0.166 e. The molecule has 2 heterocycles. The van der Waals surface area contributed by atoms with E-state index in [1.807, 2.05) is 6.07 Å². The highest BCUT2D eigenvalue weighted by Crippen LogP contribution is 2.41. The van der Waals surface area contributed by atoms with Gasteiger partial charge in [0, 0.05) is 33.2 Å². The van der Waals surface area contributed by atoms with Gasteiger partial charge in [-0.1, -0.05) is 164 Å². The van der Waals surface area contributed by atoms with E-state index < -0.39 is 0 Å². The summed E-state index contributed by atoms with van der Waals surface area (Å²) in [4.78, 5) is 16.2. The lowest BCUT2D eigenvalue weighted by atomic mass is 9.93. The summed E-state index contributed by atoms with van der Waals surface area (Å²) < 4.78 is 2.34. The largest absolute Gasteiger partial charge is 0.309 e. The van der Waals surface area contributed by atoms with E-state index in [1.54, 1.807) is 0 Å². The minimum absolute atomic E-state index is 0.625. The summed E-state index contributed by atoms with van der Waals surface area (Å²) >= 11 is 0. The number of hydrogen-bond donors (Lipinski definition) is 0. The molecule has 4 heteroatoms. The van der Waals surface area contributed by atoms with Crippen LogP contribution in [0.1, 0.15) is 0 Å². The Balaban J connectivity index is 1.23. The number of nitrogens with zero attached hydrogens (tertiary/aromatic N) is 4. The first kappa shape index (κ1) is 31.1. The van der Waals surface area contributed by atoms with Crippen LogP contribution in [0.3, 0.4) is 0 Å². The first-order valence-electron chi connectivity index (χ1n) is 18.6. The van der Waals surface area contributed by atoms with E-state index >= 15 is 0 Å². The molecule has 0 amide bonds. The van der Waals surface area contributed by atoms with Crippen molar-refractivity contribution in [3.05, 3.63) is 194 Å². The second-order valence-corrected chi connectivity index (χ2v) is 14.0. The molecule has 0 fully saturated rings. The summed E-state index contributed by atoms with van der Waals surface area (Å²) in [7, 11) is 0. The van der Waals surface area contributed by atoms with Gasteiger partial charge in [0.2, 0.25) is 0 Å². The maximum absolute atomic E-state index is 5.46. The van der Waals surface area contributed by atoms with Gasteiger partial charge in [0.1, 0.15) is 0 Å². The number of benzene rings is 9. The topological polar surface area (TPSA) is 43.6 Å². The fraction of sp³-hybridized carbons (Fsp3) is 0. The number of rotatable bonds is 5. The Morgan fingerprint density at radius 2 is 0.927 bits per heavy atom. The van der Waals surface area contributed by atoms with Crippen molar-refractivity contribution in [3.63, 3.8) is 0 Å². The van der Waals surface area contributed by atoms with Gasteiger partial charge in [-0.2, -0.15) is 0 Å². The lowest BCUT2D eigenvalue weighted by molar-refractivity contribution is 1.08. The molecule has 0 aliphatic rings. The summed E-state index contributed by atoms with van der Waals surface area (Å²) in [6, 6.07) is 68.6. The second-order valence-electron chi connectivity index (χ2n) is 14.0. The highest BCUT2D eigenvalue weighted by atomic mass is 15.0. The number of fused-ring (bicyclic) bond motifs is 7. The van der Waals surface area contributed by atoms with Gasteiger partial charge >= 0.3 is 0 Å². The molecule has 256 valence electrons. The van der Waals surface area contributed by atoms with Gasteiger partial charge in [0.05, 0.1) is 11.0 Å². The summed E-state index contributed by atoms with van der Waals surface area (Å²) in [5, 5.41) is 9.26. The Hall–Kier alpha value is -7.43. The van der Waals surface area contributed by atoms with Crippen LogP contribution >= 0.6 is 0 Å². The predicted molar refractivity (Wildman–Crippen MR) is 228 cm³/mol. The zero-order valence-corrected chi connectivity index (χ0v) is 29.8. The molecule has 4 nitrogen and oxygen atoms in total. The van der Waals surface area contributed by atoms with Gasteiger partial charge in [0.25, 0.3) is 0 Å². The van der Waals surface area contributed by atoms with Crippen LogP contribution in [0.15, 0.2) is 194 Å². The first-order chi connectivity index (χ1) is 27.3. The molecule has 2 aromatic heterocycles. The minimum Gasteiger partial charge on any atom is -0.309 e. The number of para-hydroxylation sites is 3. The van der Waals surface area contributed by atoms with E-state index in [2.05, 4.69) is 193 Å². The number of aromatic nitrogens is 4. The van der Waals surface area contributed by atoms with Crippen LogP contribution in [0.5, 0.6) is 0 Å². The van der Waals surface area contributed by atoms with Gasteiger partial charge in [-0.05, 0) is 73.8 Å². The molecule has 0 N–H and O–H groups in total. The van der Waals surface area contributed by atoms with E-state index in [4.69, 9.17) is 15.0 Å². The van der Waals surface area contributed by atoms with Crippen molar-refractivity contribution >= 4 is 54.1 Å². The van der Waals surface area contributed by atoms with Crippen LogP contribution < -0.4 is 0 Å². The van der Waals surface area contributed by atoms with E-state index in [0.717, 1.165) is 60.5 Å². The van der Waals surface area contributed by atoms with Gasteiger partial charge < -0.3 is 4.57 Å². The average molecular weight is 701 g/mol. The monoisotopic (exact) mass is 700 g/mol. The molecule has 0 bridgehead atoms. The molecule has 11 aromatic rings. The average Bonchev–Trinajstić information content (AvgIpc) is 3.61. The van der Waals surface area contributed by atoms with Crippen LogP contribution in [0.25, 0.3) is 105 Å². The molecular weight excluding hydrogens is 669 g/mol. The van der Waals surface area contributed by atoms with Crippen LogP contribution in [0.2, 0.25) is 0 Å². The fourth-order valence-electron chi connectivity index (χ4n) is 8.29. The maximum Gasteiger partial charge on any atom is 0.166 e. The van der Waals surface area contributed by atoms with E-state index in [0.29, 0.717) is 17.5 Å².